The Balaban J connectivity index is 1.92. The Morgan fingerprint density at radius 2 is 2.44 bits per heavy atom. The average molecular weight is 257 g/mol. The Kier molecular flexibility index (Phi) is 3.63. The van der Waals surface area contributed by atoms with Gasteiger partial charge in [0.25, 0.3) is 0 Å². The maximum Gasteiger partial charge on any atom is 0.248 e. The van der Waals surface area contributed by atoms with Gasteiger partial charge >= 0.3 is 0 Å². The van der Waals surface area contributed by atoms with E-state index in [1.807, 2.05) is 6.92 Å². The zero-order valence-corrected chi connectivity index (χ0v) is 10.2. The molecule has 1 heterocycles. The standard InChI is InChI=1S/C12H17F2N3O/c1-8(10-6-15-16-7-10)17-11(18)9-3-2-4-12(13,14)5-9/h6-9H,2-5H2,1H3,(H,15,16)(H,17,18). The minimum absolute atomic E-state index is 0.103. The maximum atomic E-state index is 13.2. The van der Waals surface area contributed by atoms with Gasteiger partial charge in [0.1, 0.15) is 0 Å². The van der Waals surface area contributed by atoms with Crippen molar-refractivity contribution in [3.05, 3.63) is 18.0 Å². The van der Waals surface area contributed by atoms with Crippen LogP contribution in [0.15, 0.2) is 12.4 Å². The lowest BCUT2D eigenvalue weighted by atomic mass is 9.86. The Morgan fingerprint density at radius 1 is 1.67 bits per heavy atom. The molecule has 2 atom stereocenters. The zero-order chi connectivity index (χ0) is 13.2. The number of alkyl halides is 2. The molecule has 1 fully saturated rings. The van der Waals surface area contributed by atoms with Crippen LogP contribution >= 0.6 is 0 Å². The Hall–Kier alpha value is -1.46. The van der Waals surface area contributed by atoms with Crippen molar-refractivity contribution in [2.24, 2.45) is 5.92 Å². The number of nitrogens with zero attached hydrogens (tertiary/aromatic N) is 1. The third kappa shape index (κ3) is 3.05. The fourth-order valence-electron chi connectivity index (χ4n) is 2.31. The van der Waals surface area contributed by atoms with Crippen molar-refractivity contribution in [2.75, 3.05) is 0 Å². The zero-order valence-electron chi connectivity index (χ0n) is 10.2. The molecule has 0 bridgehead atoms. The van der Waals surface area contributed by atoms with E-state index in [-0.39, 0.29) is 24.8 Å². The van der Waals surface area contributed by atoms with Crippen molar-refractivity contribution in [1.29, 1.82) is 0 Å². The highest BCUT2D eigenvalue weighted by molar-refractivity contribution is 5.79. The molecule has 1 saturated carbocycles. The molecule has 1 amide bonds. The first kappa shape index (κ1) is 13.0. The number of aromatic nitrogens is 2. The normalized spacial score (nSPS) is 24.5. The highest BCUT2D eigenvalue weighted by Crippen LogP contribution is 2.36. The van der Waals surface area contributed by atoms with Gasteiger partial charge in [-0.05, 0) is 19.8 Å². The lowest BCUT2D eigenvalue weighted by Gasteiger charge is -2.28. The van der Waals surface area contributed by atoms with Gasteiger partial charge in [0.15, 0.2) is 0 Å². The SMILES string of the molecule is CC(NC(=O)C1CCCC(F)(F)C1)c1cn[nH]c1. The first-order valence-corrected chi connectivity index (χ1v) is 6.15. The largest absolute Gasteiger partial charge is 0.349 e. The number of hydrogen-bond donors (Lipinski definition) is 2. The summed E-state index contributed by atoms with van der Waals surface area (Å²) < 4.78 is 26.5. The van der Waals surface area contributed by atoms with Crippen LogP contribution in [0, 0.1) is 5.92 Å². The summed E-state index contributed by atoms with van der Waals surface area (Å²) in [5.74, 6) is -3.56. The van der Waals surface area contributed by atoms with Gasteiger partial charge in [0, 0.05) is 30.5 Å². The molecule has 1 aliphatic rings. The maximum absolute atomic E-state index is 13.2. The molecule has 1 aromatic heterocycles. The minimum atomic E-state index is -2.70. The van der Waals surface area contributed by atoms with Crippen LogP contribution in [0.25, 0.3) is 0 Å². The average Bonchev–Trinajstić information content (AvgIpc) is 2.80. The number of carbonyl (C=O) groups excluding carboxylic acids is 1. The molecule has 4 nitrogen and oxygen atoms in total. The van der Waals surface area contributed by atoms with E-state index in [1.165, 1.54) is 0 Å². The fraction of sp³-hybridized carbons (Fsp3) is 0.667. The van der Waals surface area contributed by atoms with E-state index in [0.29, 0.717) is 12.8 Å². The molecule has 2 N–H and O–H groups in total. The van der Waals surface area contributed by atoms with Crippen LogP contribution < -0.4 is 5.32 Å². The quantitative estimate of drug-likeness (QED) is 0.873. The third-order valence-electron chi connectivity index (χ3n) is 3.39. The van der Waals surface area contributed by atoms with E-state index in [0.717, 1.165) is 5.56 Å². The van der Waals surface area contributed by atoms with Crippen LogP contribution in [0.4, 0.5) is 8.78 Å². The van der Waals surface area contributed by atoms with Crippen molar-refractivity contribution in [2.45, 2.75) is 44.6 Å². The van der Waals surface area contributed by atoms with E-state index in [4.69, 9.17) is 0 Å². The van der Waals surface area contributed by atoms with Crippen LogP contribution in [-0.4, -0.2) is 22.0 Å². The molecule has 1 aliphatic carbocycles. The highest BCUT2D eigenvalue weighted by atomic mass is 19.3. The summed E-state index contributed by atoms with van der Waals surface area (Å²) in [7, 11) is 0. The summed E-state index contributed by atoms with van der Waals surface area (Å²) >= 11 is 0. The molecule has 0 saturated heterocycles. The van der Waals surface area contributed by atoms with Crippen LogP contribution in [0.2, 0.25) is 0 Å². The molecule has 0 radical (unpaired) electrons. The van der Waals surface area contributed by atoms with Gasteiger partial charge in [-0.1, -0.05) is 0 Å². The molecular weight excluding hydrogens is 240 g/mol. The molecule has 2 rings (SSSR count). The van der Waals surface area contributed by atoms with Crippen molar-refractivity contribution in [1.82, 2.24) is 15.5 Å². The molecule has 0 aromatic carbocycles. The summed E-state index contributed by atoms with van der Waals surface area (Å²) in [6.07, 6.45) is 3.80. The number of hydrogen-bond acceptors (Lipinski definition) is 2. The number of carbonyl (C=O) groups is 1. The lowest BCUT2D eigenvalue weighted by Crippen LogP contribution is -2.38. The van der Waals surface area contributed by atoms with Crippen LogP contribution in [0.5, 0.6) is 0 Å². The second kappa shape index (κ2) is 5.04. The topological polar surface area (TPSA) is 57.8 Å². The smallest absolute Gasteiger partial charge is 0.248 e. The number of H-pyrrole nitrogens is 1. The van der Waals surface area contributed by atoms with Crippen LogP contribution in [-0.2, 0) is 4.79 Å². The summed E-state index contributed by atoms with van der Waals surface area (Å²) in [6, 6.07) is -0.216. The summed E-state index contributed by atoms with van der Waals surface area (Å²) in [4.78, 5) is 11.9. The number of nitrogens with one attached hydrogen (secondary N) is 2. The number of amides is 1. The van der Waals surface area contributed by atoms with Crippen molar-refractivity contribution in [3.63, 3.8) is 0 Å². The molecule has 0 aliphatic heterocycles. The number of aromatic amines is 1. The van der Waals surface area contributed by atoms with Gasteiger partial charge in [-0.2, -0.15) is 5.10 Å². The highest BCUT2D eigenvalue weighted by Gasteiger charge is 2.39. The van der Waals surface area contributed by atoms with Gasteiger partial charge in [-0.25, -0.2) is 8.78 Å². The predicted octanol–water partition coefficient (Wildman–Crippen LogP) is 2.41. The Morgan fingerprint density at radius 3 is 3.06 bits per heavy atom. The number of rotatable bonds is 3. The molecule has 2 unspecified atom stereocenters. The van der Waals surface area contributed by atoms with Gasteiger partial charge in [0.2, 0.25) is 11.8 Å². The van der Waals surface area contributed by atoms with E-state index >= 15 is 0 Å². The minimum Gasteiger partial charge on any atom is -0.349 e. The Bertz CT molecular complexity index is 405. The second-order valence-corrected chi connectivity index (χ2v) is 4.91. The number of halogens is 2. The lowest BCUT2D eigenvalue weighted by molar-refractivity contribution is -0.132. The van der Waals surface area contributed by atoms with Gasteiger partial charge < -0.3 is 5.32 Å². The van der Waals surface area contributed by atoms with Gasteiger partial charge in [0.05, 0.1) is 12.2 Å². The monoisotopic (exact) mass is 257 g/mol. The molecule has 1 aromatic rings. The third-order valence-corrected chi connectivity index (χ3v) is 3.39. The van der Waals surface area contributed by atoms with Crippen molar-refractivity contribution < 1.29 is 13.6 Å². The molecule has 18 heavy (non-hydrogen) atoms. The fourth-order valence-corrected chi connectivity index (χ4v) is 2.31. The van der Waals surface area contributed by atoms with Gasteiger partial charge in [-0.3, -0.25) is 9.89 Å². The first-order valence-electron chi connectivity index (χ1n) is 6.15. The van der Waals surface area contributed by atoms with E-state index in [1.54, 1.807) is 12.4 Å². The summed E-state index contributed by atoms with van der Waals surface area (Å²) in [5.41, 5.74) is 0.839. The van der Waals surface area contributed by atoms with Crippen LogP contribution in [0.3, 0.4) is 0 Å². The molecule has 100 valence electrons. The first-order chi connectivity index (χ1) is 8.48. The van der Waals surface area contributed by atoms with E-state index in [2.05, 4.69) is 15.5 Å². The summed E-state index contributed by atoms with van der Waals surface area (Å²) in [5, 5.41) is 9.20. The van der Waals surface area contributed by atoms with E-state index in [9.17, 15) is 13.6 Å². The Labute approximate surface area is 104 Å². The summed E-state index contributed by atoms with van der Waals surface area (Å²) in [6.45, 7) is 1.81. The van der Waals surface area contributed by atoms with Crippen LogP contribution in [0.1, 0.15) is 44.2 Å². The van der Waals surface area contributed by atoms with Crippen molar-refractivity contribution in [3.8, 4) is 0 Å². The molecule has 0 spiro atoms. The second-order valence-electron chi connectivity index (χ2n) is 4.91. The van der Waals surface area contributed by atoms with Gasteiger partial charge in [-0.15, -0.1) is 0 Å². The predicted molar refractivity (Wildman–Crippen MR) is 62.1 cm³/mol. The molecular formula is C12H17F2N3O. The van der Waals surface area contributed by atoms with Crippen molar-refractivity contribution >= 4 is 5.91 Å². The molecule has 6 heteroatoms. The van der Waals surface area contributed by atoms with E-state index < -0.39 is 11.8 Å².